The second-order valence-corrected chi connectivity index (χ2v) is 4.08. The van der Waals surface area contributed by atoms with E-state index in [0.29, 0.717) is 0 Å². The number of hydrogen-bond acceptors (Lipinski definition) is 1. The van der Waals surface area contributed by atoms with Crippen molar-refractivity contribution in [3.05, 3.63) is 53.9 Å². The molecule has 0 atom stereocenters. The first-order chi connectivity index (χ1) is 8.27. The highest BCUT2D eigenvalue weighted by Gasteiger charge is 2.25. The van der Waals surface area contributed by atoms with Crippen LogP contribution in [0, 0.1) is 0 Å². The van der Waals surface area contributed by atoms with Gasteiger partial charge in [-0.05, 0) is 30.7 Å². The number of para-hydroxylation sites is 1. The number of nitrogens with one attached hydrogen (secondary N) is 2. The third-order valence-electron chi connectivity index (χ3n) is 3.05. The molecule has 0 saturated heterocycles. The molecule has 0 radical (unpaired) electrons. The molecule has 3 nitrogen and oxygen atoms in total. The normalized spacial score (nSPS) is 16.6. The Labute approximate surface area is 99.2 Å². The van der Waals surface area contributed by atoms with Gasteiger partial charge in [0.15, 0.2) is 0 Å². The Morgan fingerprint density at radius 1 is 1.12 bits per heavy atom. The van der Waals surface area contributed by atoms with E-state index in [4.69, 9.17) is 0 Å². The summed E-state index contributed by atoms with van der Waals surface area (Å²) in [5.41, 5.74) is 4.57. The first-order valence-corrected chi connectivity index (χ1v) is 5.53. The van der Waals surface area contributed by atoms with Gasteiger partial charge in [-0.15, -0.1) is 0 Å². The number of amides is 1. The fraction of sp³-hybridized carbons (Fsp3) is 0.0714. The third kappa shape index (κ3) is 1.47. The van der Waals surface area contributed by atoms with E-state index >= 15 is 0 Å². The van der Waals surface area contributed by atoms with E-state index in [-0.39, 0.29) is 5.91 Å². The van der Waals surface area contributed by atoms with E-state index in [2.05, 4.69) is 10.3 Å². The van der Waals surface area contributed by atoms with Gasteiger partial charge in [0.05, 0.1) is 5.57 Å². The van der Waals surface area contributed by atoms with Crippen LogP contribution in [-0.2, 0) is 4.79 Å². The molecule has 1 aliphatic heterocycles. The van der Waals surface area contributed by atoms with E-state index < -0.39 is 0 Å². The number of aromatic nitrogens is 1. The van der Waals surface area contributed by atoms with Crippen LogP contribution in [0.1, 0.15) is 18.2 Å². The first kappa shape index (κ1) is 9.90. The number of aromatic amines is 1. The van der Waals surface area contributed by atoms with Crippen molar-refractivity contribution in [2.75, 3.05) is 5.32 Å². The summed E-state index contributed by atoms with van der Waals surface area (Å²) in [6.45, 7) is 1.96. The van der Waals surface area contributed by atoms with Gasteiger partial charge in [-0.25, -0.2) is 0 Å². The van der Waals surface area contributed by atoms with Crippen LogP contribution in [0.4, 0.5) is 5.69 Å². The van der Waals surface area contributed by atoms with E-state index in [9.17, 15) is 4.79 Å². The van der Waals surface area contributed by atoms with Gasteiger partial charge in [-0.3, -0.25) is 4.79 Å². The maximum Gasteiger partial charge on any atom is 0.256 e. The van der Waals surface area contributed by atoms with Crippen LogP contribution in [0.25, 0.3) is 11.1 Å². The van der Waals surface area contributed by atoms with E-state index in [0.717, 1.165) is 28.1 Å². The van der Waals surface area contributed by atoms with Gasteiger partial charge in [0, 0.05) is 23.1 Å². The van der Waals surface area contributed by atoms with Gasteiger partial charge < -0.3 is 10.3 Å². The van der Waals surface area contributed by atoms with Gasteiger partial charge in [0.25, 0.3) is 5.91 Å². The van der Waals surface area contributed by atoms with Crippen molar-refractivity contribution in [3.8, 4) is 0 Å². The smallest absolute Gasteiger partial charge is 0.256 e. The van der Waals surface area contributed by atoms with Crippen molar-refractivity contribution in [2.24, 2.45) is 0 Å². The van der Waals surface area contributed by atoms with Crippen LogP contribution in [0.15, 0.2) is 42.6 Å². The summed E-state index contributed by atoms with van der Waals surface area (Å²) in [5, 5.41) is 2.88. The van der Waals surface area contributed by atoms with Crippen molar-refractivity contribution >= 4 is 22.7 Å². The number of rotatable bonds is 1. The molecule has 0 saturated carbocycles. The summed E-state index contributed by atoms with van der Waals surface area (Å²) in [4.78, 5) is 15.1. The molecule has 2 N–H and O–H groups in total. The highest BCUT2D eigenvalue weighted by atomic mass is 16.2. The SMILES string of the molecule is CC(=C1C(=O)Nc2ccccc21)c1ccc[nH]1. The average Bonchev–Trinajstić information content (AvgIpc) is 2.94. The lowest BCUT2D eigenvalue weighted by Crippen LogP contribution is -2.05. The Bertz CT molecular complexity index is 609. The predicted octanol–water partition coefficient (Wildman–Crippen LogP) is 2.90. The zero-order chi connectivity index (χ0) is 11.8. The molecule has 3 heteroatoms. The van der Waals surface area contributed by atoms with Crippen molar-refractivity contribution in [1.29, 1.82) is 0 Å². The maximum atomic E-state index is 12.0. The Kier molecular flexibility index (Phi) is 2.11. The molecule has 84 valence electrons. The summed E-state index contributed by atoms with van der Waals surface area (Å²) in [6, 6.07) is 11.7. The van der Waals surface area contributed by atoms with Crippen LogP contribution in [0.2, 0.25) is 0 Å². The van der Waals surface area contributed by atoms with Gasteiger partial charge in [0.2, 0.25) is 0 Å². The fourth-order valence-corrected chi connectivity index (χ4v) is 2.19. The summed E-state index contributed by atoms with van der Waals surface area (Å²) in [7, 11) is 0. The lowest BCUT2D eigenvalue weighted by Gasteiger charge is -2.03. The topological polar surface area (TPSA) is 44.9 Å². The monoisotopic (exact) mass is 224 g/mol. The summed E-state index contributed by atoms with van der Waals surface area (Å²) in [5.74, 6) is -0.0294. The van der Waals surface area contributed by atoms with Gasteiger partial charge >= 0.3 is 0 Å². The minimum absolute atomic E-state index is 0.0294. The number of H-pyrrole nitrogens is 1. The van der Waals surface area contributed by atoms with E-state index in [1.165, 1.54) is 0 Å². The molecule has 1 aromatic heterocycles. The zero-order valence-electron chi connectivity index (χ0n) is 9.45. The number of carbonyl (C=O) groups is 1. The molecule has 2 aromatic rings. The zero-order valence-corrected chi connectivity index (χ0v) is 9.45. The molecular formula is C14H12N2O. The van der Waals surface area contributed by atoms with Gasteiger partial charge in [-0.2, -0.15) is 0 Å². The molecule has 1 aliphatic rings. The van der Waals surface area contributed by atoms with Crippen LogP contribution in [0.5, 0.6) is 0 Å². The molecule has 0 bridgehead atoms. The number of benzene rings is 1. The second kappa shape index (κ2) is 3.63. The molecule has 17 heavy (non-hydrogen) atoms. The highest BCUT2D eigenvalue weighted by molar-refractivity contribution is 6.36. The maximum absolute atomic E-state index is 12.0. The minimum atomic E-state index is -0.0294. The summed E-state index contributed by atoms with van der Waals surface area (Å²) >= 11 is 0. The predicted molar refractivity (Wildman–Crippen MR) is 68.4 cm³/mol. The lowest BCUT2D eigenvalue weighted by atomic mass is 10.0. The quantitative estimate of drug-likeness (QED) is 0.719. The number of hydrogen-bond donors (Lipinski definition) is 2. The molecule has 1 aromatic carbocycles. The first-order valence-electron chi connectivity index (χ1n) is 5.53. The Balaban J connectivity index is 2.22. The second-order valence-electron chi connectivity index (χ2n) is 4.08. The molecule has 0 aliphatic carbocycles. The van der Waals surface area contributed by atoms with Crippen molar-refractivity contribution in [1.82, 2.24) is 4.98 Å². The molecule has 2 heterocycles. The number of fused-ring (bicyclic) bond motifs is 1. The average molecular weight is 224 g/mol. The number of carbonyl (C=O) groups excluding carboxylic acids is 1. The molecule has 0 fully saturated rings. The summed E-state index contributed by atoms with van der Waals surface area (Å²) < 4.78 is 0. The van der Waals surface area contributed by atoms with Crippen LogP contribution >= 0.6 is 0 Å². The van der Waals surface area contributed by atoms with Crippen LogP contribution in [0.3, 0.4) is 0 Å². The lowest BCUT2D eigenvalue weighted by molar-refractivity contribution is -0.110. The van der Waals surface area contributed by atoms with Crippen LogP contribution in [-0.4, -0.2) is 10.9 Å². The van der Waals surface area contributed by atoms with E-state index in [1.807, 2.05) is 49.5 Å². The Morgan fingerprint density at radius 2 is 1.94 bits per heavy atom. The Hall–Kier alpha value is -2.29. The number of allylic oxidation sites excluding steroid dienone is 1. The van der Waals surface area contributed by atoms with Crippen molar-refractivity contribution in [3.63, 3.8) is 0 Å². The standard InChI is InChI=1S/C14H12N2O/c1-9(11-7-4-8-15-11)13-10-5-2-3-6-12(10)16-14(13)17/h2-8,15H,1H3,(H,16,17). The highest BCUT2D eigenvalue weighted by Crippen LogP contribution is 2.35. The molecule has 0 unspecified atom stereocenters. The largest absolute Gasteiger partial charge is 0.361 e. The van der Waals surface area contributed by atoms with Gasteiger partial charge in [0.1, 0.15) is 0 Å². The van der Waals surface area contributed by atoms with Crippen molar-refractivity contribution < 1.29 is 4.79 Å². The van der Waals surface area contributed by atoms with Gasteiger partial charge in [-0.1, -0.05) is 18.2 Å². The minimum Gasteiger partial charge on any atom is -0.361 e. The third-order valence-corrected chi connectivity index (χ3v) is 3.05. The molecule has 0 spiro atoms. The molecule has 3 rings (SSSR count). The fourth-order valence-electron chi connectivity index (χ4n) is 2.19. The van der Waals surface area contributed by atoms with E-state index in [1.54, 1.807) is 0 Å². The summed E-state index contributed by atoms with van der Waals surface area (Å²) in [6.07, 6.45) is 1.86. The molecule has 1 amide bonds. The van der Waals surface area contributed by atoms with Crippen molar-refractivity contribution in [2.45, 2.75) is 6.92 Å². The Morgan fingerprint density at radius 3 is 2.71 bits per heavy atom. The molecular weight excluding hydrogens is 212 g/mol. The number of anilines is 1. The van der Waals surface area contributed by atoms with Crippen LogP contribution < -0.4 is 5.32 Å².